The van der Waals surface area contributed by atoms with Gasteiger partial charge in [-0.05, 0) is 54.8 Å². The second kappa shape index (κ2) is 10.2. The number of rotatable bonds is 11. The van der Waals surface area contributed by atoms with Crippen LogP contribution in [0.25, 0.3) is 11.3 Å². The monoisotopic (exact) mass is 540 g/mol. The summed E-state index contributed by atoms with van der Waals surface area (Å²) in [5, 5.41) is 18.3. The van der Waals surface area contributed by atoms with Crippen LogP contribution < -0.4 is 14.2 Å². The molecule has 1 aliphatic heterocycles. The number of aromatic nitrogens is 1. The zero-order valence-electron chi connectivity index (χ0n) is 20.3. The minimum Gasteiger partial charge on any atom is -0.481 e. The van der Waals surface area contributed by atoms with Crippen LogP contribution >= 0.6 is 0 Å². The lowest BCUT2D eigenvalue weighted by Crippen LogP contribution is -2.33. The van der Waals surface area contributed by atoms with Gasteiger partial charge in [0.2, 0.25) is 16.8 Å². The van der Waals surface area contributed by atoms with Crippen LogP contribution in [0.1, 0.15) is 31.9 Å². The van der Waals surface area contributed by atoms with E-state index in [0.717, 1.165) is 18.4 Å². The lowest BCUT2D eigenvalue weighted by atomic mass is 9.88. The Labute approximate surface area is 220 Å². The van der Waals surface area contributed by atoms with E-state index in [1.807, 2.05) is 18.2 Å². The molecule has 2 aromatic carbocycles. The van der Waals surface area contributed by atoms with Gasteiger partial charge in [0.25, 0.3) is 0 Å². The third-order valence-corrected chi connectivity index (χ3v) is 8.18. The molecule has 200 valence electrons. The molecule has 1 aromatic heterocycles. The number of aliphatic hydroxyl groups excluding tert-OH is 1. The largest absolute Gasteiger partial charge is 0.481 e. The molecule has 11 heteroatoms. The Hall–Kier alpha value is -3.80. The Morgan fingerprint density at radius 1 is 1.05 bits per heavy atom. The highest BCUT2D eigenvalue weighted by Crippen LogP contribution is 2.51. The van der Waals surface area contributed by atoms with E-state index in [0.29, 0.717) is 28.5 Å². The third-order valence-electron chi connectivity index (χ3n) is 6.74. The maximum Gasteiger partial charge on any atom is 0.306 e. The Morgan fingerprint density at radius 3 is 2.50 bits per heavy atom. The SMILES string of the molecule is O=C(O)CC(O)CNS(=O)(=O)c1ccc(-c2cccc(CC(=O)C3(c4ccc5c(c4)OCO5)CC3)n2)cc1.[HH]. The average Bonchev–Trinajstić information content (AvgIpc) is 3.58. The number of sulfonamides is 1. The van der Waals surface area contributed by atoms with Crippen LogP contribution in [0.15, 0.2) is 65.6 Å². The third kappa shape index (κ3) is 5.40. The van der Waals surface area contributed by atoms with Crippen LogP contribution in [0.3, 0.4) is 0 Å². The second-order valence-electron chi connectivity index (χ2n) is 9.39. The number of pyridine rings is 1. The highest BCUT2D eigenvalue weighted by molar-refractivity contribution is 7.89. The zero-order valence-corrected chi connectivity index (χ0v) is 21.1. The summed E-state index contributed by atoms with van der Waals surface area (Å²) in [6, 6.07) is 17.0. The van der Waals surface area contributed by atoms with Crippen LogP contribution in [0.4, 0.5) is 0 Å². The average molecular weight is 541 g/mol. The summed E-state index contributed by atoms with van der Waals surface area (Å²) >= 11 is 0. The van der Waals surface area contributed by atoms with Crippen molar-refractivity contribution >= 4 is 21.8 Å². The van der Waals surface area contributed by atoms with E-state index >= 15 is 0 Å². The molecule has 3 N–H and O–H groups in total. The van der Waals surface area contributed by atoms with E-state index < -0.39 is 40.5 Å². The number of nitrogens with one attached hydrogen (secondary N) is 1. The van der Waals surface area contributed by atoms with Crippen molar-refractivity contribution in [1.82, 2.24) is 9.71 Å². The van der Waals surface area contributed by atoms with Gasteiger partial charge < -0.3 is 19.7 Å². The van der Waals surface area contributed by atoms with Gasteiger partial charge in [-0.2, -0.15) is 0 Å². The number of hydrogen-bond acceptors (Lipinski definition) is 8. The van der Waals surface area contributed by atoms with Crippen LogP contribution in [0.2, 0.25) is 0 Å². The Morgan fingerprint density at radius 2 is 1.79 bits per heavy atom. The first-order chi connectivity index (χ1) is 18.2. The van der Waals surface area contributed by atoms with Crippen LogP contribution in [-0.4, -0.2) is 54.8 Å². The van der Waals surface area contributed by atoms with Gasteiger partial charge in [0.1, 0.15) is 5.78 Å². The summed E-state index contributed by atoms with van der Waals surface area (Å²) in [5.74, 6) is 0.187. The Bertz CT molecular complexity index is 1490. The molecule has 2 aliphatic rings. The van der Waals surface area contributed by atoms with Crippen LogP contribution in [0.5, 0.6) is 11.5 Å². The molecule has 0 amide bonds. The summed E-state index contributed by atoms with van der Waals surface area (Å²) in [4.78, 5) is 28.6. The number of carbonyl (C=O) groups excluding carboxylic acids is 1. The van der Waals surface area contributed by atoms with Crippen molar-refractivity contribution in [2.75, 3.05) is 13.3 Å². The first kappa shape index (κ1) is 25.8. The predicted octanol–water partition coefficient (Wildman–Crippen LogP) is 2.68. The molecule has 0 saturated heterocycles. The highest BCUT2D eigenvalue weighted by atomic mass is 32.2. The van der Waals surface area contributed by atoms with Crippen LogP contribution in [-0.2, 0) is 31.4 Å². The first-order valence-corrected chi connectivity index (χ1v) is 13.5. The molecule has 38 heavy (non-hydrogen) atoms. The lowest BCUT2D eigenvalue weighted by molar-refractivity contribution is -0.139. The number of fused-ring (bicyclic) bond motifs is 1. The topological polar surface area (TPSA) is 152 Å². The summed E-state index contributed by atoms with van der Waals surface area (Å²) in [6.45, 7) is -0.239. The molecule has 3 aromatic rings. The number of Topliss-reactive ketones (excluding diaryl/α,β-unsaturated/α-hetero) is 1. The number of benzene rings is 2. The van der Waals surface area contributed by atoms with Gasteiger partial charge in [0.15, 0.2) is 11.5 Å². The molecule has 10 nitrogen and oxygen atoms in total. The van der Waals surface area contributed by atoms with Gasteiger partial charge in [-0.3, -0.25) is 14.6 Å². The van der Waals surface area contributed by atoms with E-state index in [1.54, 1.807) is 30.3 Å². The normalized spacial score (nSPS) is 16.1. The van der Waals surface area contributed by atoms with Crippen molar-refractivity contribution in [3.8, 4) is 22.8 Å². The van der Waals surface area contributed by atoms with E-state index in [4.69, 9.17) is 14.6 Å². The number of ketones is 1. The number of hydrogen-bond donors (Lipinski definition) is 3. The summed E-state index contributed by atoms with van der Waals surface area (Å²) in [5.41, 5.74) is 2.26. The fraction of sp³-hybridized carbons (Fsp3) is 0.296. The van der Waals surface area contributed by atoms with Crippen molar-refractivity contribution in [3.63, 3.8) is 0 Å². The summed E-state index contributed by atoms with van der Waals surface area (Å²) in [6.07, 6.45) is -0.206. The number of carboxylic acid groups (broad SMARTS) is 1. The smallest absolute Gasteiger partial charge is 0.306 e. The number of carbonyl (C=O) groups is 2. The first-order valence-electron chi connectivity index (χ1n) is 12.1. The number of nitrogens with zero attached hydrogens (tertiary/aromatic N) is 1. The fourth-order valence-corrected chi connectivity index (χ4v) is 5.56. The molecule has 1 fully saturated rings. The van der Waals surface area contributed by atoms with Gasteiger partial charge in [-0.25, -0.2) is 13.1 Å². The number of aliphatic carboxylic acids is 1. The second-order valence-corrected chi connectivity index (χ2v) is 11.2. The summed E-state index contributed by atoms with van der Waals surface area (Å²) in [7, 11) is -3.94. The standard InChI is InChI=1S/C27H26N2O8S.H2/c30-20(14-26(32)33)15-28-38(34,35)21-7-4-17(5-8-21)22-3-1-2-19(29-22)13-25(31)27(10-11-27)18-6-9-23-24(12-18)37-16-36-23;/h1-9,12,20,28,30H,10-11,13-16H2,(H,32,33);1H. The molecule has 0 bridgehead atoms. The van der Waals surface area contributed by atoms with E-state index in [1.165, 1.54) is 12.1 Å². The number of ether oxygens (including phenoxy) is 2. The molecule has 0 radical (unpaired) electrons. The van der Waals surface area contributed by atoms with Gasteiger partial charge in [0.05, 0.1) is 28.5 Å². The van der Waals surface area contributed by atoms with E-state index in [-0.39, 0.29) is 25.3 Å². The van der Waals surface area contributed by atoms with Gasteiger partial charge in [-0.15, -0.1) is 0 Å². The molecular weight excluding hydrogens is 512 g/mol. The highest BCUT2D eigenvalue weighted by Gasteiger charge is 2.51. The Kier molecular flexibility index (Phi) is 6.91. The predicted molar refractivity (Wildman–Crippen MR) is 137 cm³/mol. The molecule has 1 unspecified atom stereocenters. The Balaban J connectivity index is 0.00000353. The zero-order chi connectivity index (χ0) is 26.9. The maximum atomic E-state index is 13.3. The van der Waals surface area contributed by atoms with Crippen molar-refractivity contribution in [2.45, 2.75) is 42.1 Å². The lowest BCUT2D eigenvalue weighted by Gasteiger charge is -2.15. The summed E-state index contributed by atoms with van der Waals surface area (Å²) < 4.78 is 38.0. The van der Waals surface area contributed by atoms with Gasteiger partial charge in [-0.1, -0.05) is 24.3 Å². The molecule has 1 aliphatic carbocycles. The van der Waals surface area contributed by atoms with Gasteiger partial charge in [0, 0.05) is 25.6 Å². The van der Waals surface area contributed by atoms with E-state index in [2.05, 4.69) is 9.71 Å². The molecule has 1 saturated carbocycles. The quantitative estimate of drug-likeness (QED) is 0.333. The number of carboxylic acids is 1. The van der Waals surface area contributed by atoms with Crippen molar-refractivity contribution in [1.29, 1.82) is 0 Å². The fourth-order valence-electron chi connectivity index (χ4n) is 4.49. The van der Waals surface area contributed by atoms with Crippen LogP contribution in [0, 0.1) is 0 Å². The number of aliphatic hydroxyl groups is 1. The molecule has 0 spiro atoms. The van der Waals surface area contributed by atoms with Crippen molar-refractivity contribution in [3.05, 3.63) is 71.9 Å². The van der Waals surface area contributed by atoms with Crippen molar-refractivity contribution in [2.24, 2.45) is 0 Å². The molecule has 5 rings (SSSR count). The molecule has 2 heterocycles. The minimum absolute atomic E-state index is 0. The maximum absolute atomic E-state index is 13.3. The molecular formula is C27H28N2O8S. The van der Waals surface area contributed by atoms with E-state index in [9.17, 15) is 23.1 Å². The van der Waals surface area contributed by atoms with Gasteiger partial charge >= 0.3 is 5.97 Å². The minimum atomic E-state index is -3.94. The van der Waals surface area contributed by atoms with Crippen molar-refractivity contribution < 1.29 is 39.1 Å². The molecule has 1 atom stereocenters.